The Labute approximate surface area is 283 Å². The van der Waals surface area contributed by atoms with Gasteiger partial charge in [-0.15, -0.1) is 0 Å². The largest absolute Gasteiger partial charge is 0.744 e. The summed E-state index contributed by atoms with van der Waals surface area (Å²) in [5, 5.41) is 10.2. The second kappa shape index (κ2) is 14.3. The Morgan fingerprint density at radius 2 is 1.73 bits per heavy atom. The first-order valence-electron chi connectivity index (χ1n) is 16.6. The van der Waals surface area contributed by atoms with E-state index in [4.69, 9.17) is 9.52 Å². The Morgan fingerprint density at radius 3 is 2.40 bits per heavy atom. The van der Waals surface area contributed by atoms with E-state index in [1.165, 1.54) is 12.1 Å². The number of unbranched alkanes of at least 4 members (excludes halogenated alkanes) is 2. The van der Waals surface area contributed by atoms with Gasteiger partial charge in [-0.2, -0.15) is 0 Å². The van der Waals surface area contributed by atoms with Crippen molar-refractivity contribution in [3.8, 4) is 22.5 Å². The molecular formula is C39H44N2O6S. The first-order chi connectivity index (χ1) is 22.9. The zero-order valence-corrected chi connectivity index (χ0v) is 29.1. The van der Waals surface area contributed by atoms with Gasteiger partial charge < -0.3 is 19.0 Å². The van der Waals surface area contributed by atoms with E-state index in [1.54, 1.807) is 6.07 Å². The average Bonchev–Trinajstić information content (AvgIpc) is 3.26. The molecule has 0 aromatic heterocycles. The molecule has 9 heteroatoms. The molecule has 0 bridgehead atoms. The zero-order chi connectivity index (χ0) is 34.6. The molecule has 2 aromatic rings. The summed E-state index contributed by atoms with van der Waals surface area (Å²) < 4.78 is 44.7. The zero-order valence-electron chi connectivity index (χ0n) is 28.3. The van der Waals surface area contributed by atoms with Crippen LogP contribution in [0.5, 0.6) is 0 Å². The van der Waals surface area contributed by atoms with Gasteiger partial charge >= 0.3 is 5.97 Å². The SMILES string of the molecule is CC[N+](CC)=c1ccc2c(-c3ccccc3)c(C)c(/C=C/C=C3\N(CCCCCC(=O)O)c4ccc(S(=O)(=O)[O-])cc4C3(C)C)oc-2c1. The van der Waals surface area contributed by atoms with E-state index in [9.17, 15) is 17.8 Å². The molecule has 8 nitrogen and oxygen atoms in total. The number of aliphatic carboxylic acids is 1. The summed E-state index contributed by atoms with van der Waals surface area (Å²) >= 11 is 0. The molecule has 0 radical (unpaired) electrons. The van der Waals surface area contributed by atoms with E-state index < -0.39 is 21.5 Å². The molecule has 0 saturated carbocycles. The second-order valence-electron chi connectivity index (χ2n) is 12.7. The van der Waals surface area contributed by atoms with E-state index in [0.717, 1.165) is 82.0 Å². The quantitative estimate of drug-likeness (QED) is 0.0950. The Hall–Kier alpha value is -4.47. The Kier molecular flexibility index (Phi) is 10.4. The minimum Gasteiger partial charge on any atom is -0.744 e. The van der Waals surface area contributed by atoms with Gasteiger partial charge in [-0.25, -0.2) is 13.0 Å². The van der Waals surface area contributed by atoms with E-state index in [0.29, 0.717) is 13.0 Å². The summed E-state index contributed by atoms with van der Waals surface area (Å²) in [6.45, 7) is 12.8. The predicted molar refractivity (Wildman–Crippen MR) is 190 cm³/mol. The van der Waals surface area contributed by atoms with Crippen LogP contribution in [0.3, 0.4) is 0 Å². The fraction of sp³-hybridized carbons (Fsp3) is 0.333. The second-order valence-corrected chi connectivity index (χ2v) is 14.1. The van der Waals surface area contributed by atoms with E-state index in [-0.39, 0.29) is 11.3 Å². The molecule has 48 heavy (non-hydrogen) atoms. The highest BCUT2D eigenvalue weighted by Gasteiger charge is 2.40. The molecule has 2 heterocycles. The van der Waals surface area contributed by atoms with Crippen LogP contribution in [-0.4, -0.2) is 43.7 Å². The molecule has 0 saturated heterocycles. The average molecular weight is 669 g/mol. The van der Waals surface area contributed by atoms with Crippen LogP contribution in [0.4, 0.5) is 5.69 Å². The van der Waals surface area contributed by atoms with Gasteiger partial charge in [-0.1, -0.05) is 56.7 Å². The molecule has 0 atom stereocenters. The smallest absolute Gasteiger partial charge is 0.303 e. The number of allylic oxidation sites excluding steroid dienone is 3. The molecular weight excluding hydrogens is 625 g/mol. The third-order valence-electron chi connectivity index (χ3n) is 9.32. The molecule has 1 N–H and O–H groups in total. The normalized spacial score (nSPS) is 15.0. The first kappa shape index (κ1) is 34.9. The van der Waals surface area contributed by atoms with E-state index >= 15 is 0 Å². The number of fused-ring (bicyclic) bond motifs is 2. The fourth-order valence-electron chi connectivity index (χ4n) is 6.74. The number of hydrogen-bond acceptors (Lipinski definition) is 6. The molecule has 252 valence electrons. The van der Waals surface area contributed by atoms with Crippen molar-refractivity contribution in [2.75, 3.05) is 24.5 Å². The standard InChI is InChI=1S/C39H44N2O6S/c1-6-40(7-2)29-20-22-31-35(25-29)47-34(27(3)38(31)28-15-10-8-11-16-28)17-14-18-36-39(4,5)32-26-30(48(44,45)46)21-23-33(32)41(36)24-13-9-12-19-37(42)43/h8,10-11,14-18,20-23,25-26H,6-7,9,12-13,19,24H2,1-5H3,(H-,42,43,44,45,46). The highest BCUT2D eigenvalue weighted by molar-refractivity contribution is 7.85. The topological polar surface area (TPSA) is 114 Å². The minimum atomic E-state index is -4.63. The number of benzene rings is 3. The van der Waals surface area contributed by atoms with Gasteiger partial charge in [0.05, 0.1) is 11.0 Å². The van der Waals surface area contributed by atoms with Crippen molar-refractivity contribution in [2.45, 2.75) is 70.6 Å². The lowest BCUT2D eigenvalue weighted by Crippen LogP contribution is -2.29. The van der Waals surface area contributed by atoms with Crippen molar-refractivity contribution in [1.29, 1.82) is 0 Å². The van der Waals surface area contributed by atoms with Crippen LogP contribution >= 0.6 is 0 Å². The van der Waals surface area contributed by atoms with Gasteiger partial charge in [0, 0.05) is 47.0 Å². The molecule has 3 aliphatic rings. The van der Waals surface area contributed by atoms with Gasteiger partial charge in [0.15, 0.2) is 0 Å². The van der Waals surface area contributed by atoms with Crippen LogP contribution in [0.15, 0.2) is 93.9 Å². The van der Waals surface area contributed by atoms with Gasteiger partial charge in [-0.3, -0.25) is 4.79 Å². The Bertz CT molecular complexity index is 2020. The number of anilines is 1. The van der Waals surface area contributed by atoms with Crippen molar-refractivity contribution < 1.29 is 27.3 Å². The molecule has 5 rings (SSSR count). The fourth-order valence-corrected chi connectivity index (χ4v) is 7.24. The summed E-state index contributed by atoms with van der Waals surface area (Å²) in [7, 11) is -4.63. The lowest BCUT2D eigenvalue weighted by molar-refractivity contribution is -0.137. The minimum absolute atomic E-state index is 0.119. The van der Waals surface area contributed by atoms with Crippen molar-refractivity contribution in [3.63, 3.8) is 0 Å². The number of rotatable bonds is 12. The van der Waals surface area contributed by atoms with E-state index in [1.807, 2.05) is 50.3 Å². The summed E-state index contributed by atoms with van der Waals surface area (Å²) in [5.74, 6) is 0.705. The maximum atomic E-state index is 11.9. The Morgan fingerprint density at radius 1 is 1.00 bits per heavy atom. The Balaban J connectivity index is 1.60. The van der Waals surface area contributed by atoms with Crippen LogP contribution in [0.2, 0.25) is 0 Å². The monoisotopic (exact) mass is 668 g/mol. The van der Waals surface area contributed by atoms with Gasteiger partial charge in [0.1, 0.15) is 34.7 Å². The van der Waals surface area contributed by atoms with Gasteiger partial charge in [-0.05, 0) is 86.7 Å². The maximum absolute atomic E-state index is 11.9. The number of carboxylic acids is 1. The molecule has 1 aliphatic carbocycles. The third-order valence-corrected chi connectivity index (χ3v) is 10.1. The number of nitrogens with zero attached hydrogens (tertiary/aromatic N) is 2. The lowest BCUT2D eigenvalue weighted by atomic mass is 9.83. The molecule has 2 aliphatic heterocycles. The summed E-state index contributed by atoms with van der Waals surface area (Å²) in [4.78, 5) is 12.9. The highest BCUT2D eigenvalue weighted by atomic mass is 32.2. The molecule has 0 fully saturated rings. The number of carboxylic acid groups (broad SMARTS) is 1. The molecule has 2 aromatic carbocycles. The number of carbonyl (C=O) groups is 1. The van der Waals surface area contributed by atoms with Crippen LogP contribution < -0.4 is 14.8 Å². The van der Waals surface area contributed by atoms with Crippen LogP contribution in [0, 0.1) is 6.92 Å². The van der Waals surface area contributed by atoms with Crippen LogP contribution in [0.25, 0.3) is 28.5 Å². The van der Waals surface area contributed by atoms with Crippen molar-refractivity contribution in [3.05, 3.63) is 107 Å². The summed E-state index contributed by atoms with van der Waals surface area (Å²) in [6.07, 6.45) is 8.14. The summed E-state index contributed by atoms with van der Waals surface area (Å²) in [6, 6.07) is 21.2. The molecule has 0 unspecified atom stereocenters. The van der Waals surface area contributed by atoms with Crippen LogP contribution in [-0.2, 0) is 20.3 Å². The third kappa shape index (κ3) is 7.17. The predicted octanol–water partition coefficient (Wildman–Crippen LogP) is 7.42. The first-order valence-corrected chi connectivity index (χ1v) is 18.0. The van der Waals surface area contributed by atoms with Crippen LogP contribution in [0.1, 0.15) is 70.3 Å². The van der Waals surface area contributed by atoms with Crippen molar-refractivity contribution in [2.24, 2.45) is 0 Å². The lowest BCUT2D eigenvalue weighted by Gasteiger charge is -2.27. The van der Waals surface area contributed by atoms with Crippen molar-refractivity contribution in [1.82, 2.24) is 4.58 Å². The number of hydrogen-bond donors (Lipinski definition) is 1. The molecule has 0 amide bonds. The van der Waals surface area contributed by atoms with Gasteiger partial charge in [0.25, 0.3) is 0 Å². The van der Waals surface area contributed by atoms with Crippen molar-refractivity contribution >= 4 is 27.9 Å². The highest BCUT2D eigenvalue weighted by Crippen LogP contribution is 2.48. The molecule has 0 spiro atoms. The van der Waals surface area contributed by atoms with Gasteiger partial charge in [0.2, 0.25) is 5.36 Å². The summed E-state index contributed by atoms with van der Waals surface area (Å²) in [5.41, 5.74) is 6.19. The maximum Gasteiger partial charge on any atom is 0.303 e. The van der Waals surface area contributed by atoms with E-state index in [2.05, 4.69) is 60.6 Å².